The van der Waals surface area contributed by atoms with Gasteiger partial charge >= 0.3 is 0 Å². The summed E-state index contributed by atoms with van der Waals surface area (Å²) < 4.78 is 54.0. The molecular formula is C34H50O6S2. The number of unbranched alkanes of at least 4 members (excludes halogenated alkanes) is 10. The summed E-state index contributed by atoms with van der Waals surface area (Å²) in [5.74, 6) is -1.03. The first kappa shape index (κ1) is 35.9. The maximum Gasteiger partial charge on any atom is 0.188 e. The maximum absolute atomic E-state index is 13.5. The monoisotopic (exact) mass is 618 g/mol. The van der Waals surface area contributed by atoms with Crippen molar-refractivity contribution in [2.75, 3.05) is 0 Å². The van der Waals surface area contributed by atoms with Crippen molar-refractivity contribution < 1.29 is 26.4 Å². The van der Waals surface area contributed by atoms with E-state index in [9.17, 15) is 26.4 Å². The fourth-order valence-electron chi connectivity index (χ4n) is 5.32. The second kappa shape index (κ2) is 19.1. The highest BCUT2D eigenvalue weighted by molar-refractivity contribution is 7.93. The van der Waals surface area contributed by atoms with Crippen molar-refractivity contribution in [3.8, 4) is 0 Å². The Kier molecular flexibility index (Phi) is 16.3. The minimum atomic E-state index is -3.94. The van der Waals surface area contributed by atoms with E-state index >= 15 is 0 Å². The first-order chi connectivity index (χ1) is 20.2. The molecule has 0 radical (unpaired) electrons. The van der Waals surface area contributed by atoms with Gasteiger partial charge in [0.05, 0.1) is 9.79 Å². The Hall–Kier alpha value is -2.32. The third kappa shape index (κ3) is 11.4. The number of carbonyl (C=O) groups is 2. The van der Waals surface area contributed by atoms with Crippen molar-refractivity contribution in [3.05, 3.63) is 60.7 Å². The first-order valence-electron chi connectivity index (χ1n) is 15.8. The Balaban J connectivity index is 2.17. The van der Waals surface area contributed by atoms with E-state index in [2.05, 4.69) is 13.8 Å². The Bertz CT molecular complexity index is 1170. The molecule has 0 fully saturated rings. The molecule has 0 heterocycles. The lowest BCUT2D eigenvalue weighted by Gasteiger charge is -2.19. The highest BCUT2D eigenvalue weighted by Gasteiger charge is 2.36. The van der Waals surface area contributed by atoms with Gasteiger partial charge in [-0.25, -0.2) is 16.8 Å². The van der Waals surface area contributed by atoms with Crippen LogP contribution in [0.5, 0.6) is 0 Å². The van der Waals surface area contributed by atoms with Crippen molar-refractivity contribution >= 4 is 31.2 Å². The third-order valence-electron chi connectivity index (χ3n) is 7.87. The van der Waals surface area contributed by atoms with Gasteiger partial charge in [0.15, 0.2) is 31.2 Å². The fourth-order valence-corrected chi connectivity index (χ4v) is 8.93. The molecule has 0 aliphatic carbocycles. The van der Waals surface area contributed by atoms with Crippen LogP contribution in [0.4, 0.5) is 0 Å². The molecular weight excluding hydrogens is 569 g/mol. The number of ketones is 2. The van der Waals surface area contributed by atoms with Crippen LogP contribution in [0.3, 0.4) is 0 Å². The van der Waals surface area contributed by atoms with E-state index in [0.29, 0.717) is 12.8 Å². The number of Topliss-reactive ketones (excluding diaryl/α,β-unsaturated/α-hetero) is 2. The zero-order valence-electron chi connectivity index (χ0n) is 25.5. The van der Waals surface area contributed by atoms with Crippen molar-refractivity contribution in [2.24, 2.45) is 0 Å². The minimum absolute atomic E-state index is 0.0910. The summed E-state index contributed by atoms with van der Waals surface area (Å²) in [6, 6.07) is 15.9. The van der Waals surface area contributed by atoms with E-state index in [1.807, 2.05) is 0 Å². The van der Waals surface area contributed by atoms with Gasteiger partial charge in [0.25, 0.3) is 0 Å². The second-order valence-corrected chi connectivity index (χ2v) is 15.5. The molecule has 0 aliphatic heterocycles. The Morgan fingerprint density at radius 1 is 0.500 bits per heavy atom. The average molecular weight is 619 g/mol. The molecule has 2 unspecified atom stereocenters. The lowest BCUT2D eigenvalue weighted by atomic mass is 10.0. The molecule has 0 aliphatic rings. The zero-order valence-corrected chi connectivity index (χ0v) is 27.1. The van der Waals surface area contributed by atoms with Gasteiger partial charge in [-0.15, -0.1) is 0 Å². The van der Waals surface area contributed by atoms with E-state index in [0.717, 1.165) is 64.2 Å². The van der Waals surface area contributed by atoms with Gasteiger partial charge in [0, 0.05) is 12.8 Å². The summed E-state index contributed by atoms with van der Waals surface area (Å²) in [5.41, 5.74) is 0. The first-order valence-corrected chi connectivity index (χ1v) is 18.9. The maximum atomic E-state index is 13.5. The molecule has 0 saturated heterocycles. The van der Waals surface area contributed by atoms with Crippen molar-refractivity contribution in [2.45, 2.75) is 137 Å². The molecule has 0 spiro atoms. The highest BCUT2D eigenvalue weighted by atomic mass is 32.2. The summed E-state index contributed by atoms with van der Waals surface area (Å²) >= 11 is 0. The Morgan fingerprint density at radius 3 is 1.14 bits per heavy atom. The van der Waals surface area contributed by atoms with Crippen LogP contribution in [0.2, 0.25) is 0 Å². The fraction of sp³-hybridized carbons (Fsp3) is 0.588. The molecule has 8 heteroatoms. The summed E-state index contributed by atoms with van der Waals surface area (Å²) in [7, 11) is -7.88. The van der Waals surface area contributed by atoms with Gasteiger partial charge in [-0.2, -0.15) is 0 Å². The molecule has 2 rings (SSSR count). The van der Waals surface area contributed by atoms with Crippen molar-refractivity contribution in [3.63, 3.8) is 0 Å². The van der Waals surface area contributed by atoms with Crippen molar-refractivity contribution in [1.82, 2.24) is 0 Å². The Morgan fingerprint density at radius 2 is 0.810 bits per heavy atom. The van der Waals surface area contributed by atoms with Gasteiger partial charge < -0.3 is 0 Å². The quantitative estimate of drug-likeness (QED) is 0.117. The molecule has 2 aromatic carbocycles. The molecule has 0 saturated carbocycles. The number of hydrogen-bond acceptors (Lipinski definition) is 6. The minimum Gasteiger partial charge on any atom is -0.298 e. The molecule has 2 aromatic rings. The van der Waals surface area contributed by atoms with Crippen LogP contribution in [-0.2, 0) is 29.3 Å². The zero-order chi connectivity index (χ0) is 30.8. The molecule has 6 nitrogen and oxygen atoms in total. The standard InChI is InChI=1S/C34H50O6S2/c1-3-5-7-9-11-19-25-33(41(37,38)29-21-15-13-16-22-29)31(35)27-28-32(36)34(26-20-12-10-8-6-4-2)42(39,40)30-23-17-14-18-24-30/h13-18,21-24,33-34H,3-12,19-20,25-28H2,1-2H3. The lowest BCUT2D eigenvalue weighted by molar-refractivity contribution is -0.124. The Labute approximate surface area is 254 Å². The largest absolute Gasteiger partial charge is 0.298 e. The van der Waals surface area contributed by atoms with Crippen molar-refractivity contribution in [1.29, 1.82) is 0 Å². The van der Waals surface area contributed by atoms with E-state index in [1.54, 1.807) is 36.4 Å². The average Bonchev–Trinajstić information content (AvgIpc) is 2.99. The lowest BCUT2D eigenvalue weighted by Crippen LogP contribution is -2.34. The normalized spacial score (nSPS) is 13.5. The van der Waals surface area contributed by atoms with Crippen LogP contribution in [0, 0.1) is 0 Å². The third-order valence-corrected chi connectivity index (χ3v) is 12.2. The summed E-state index contributed by atoms with van der Waals surface area (Å²) in [4.78, 5) is 27.1. The van der Waals surface area contributed by atoms with E-state index < -0.39 is 41.7 Å². The SMILES string of the molecule is CCCCCCCCC(C(=O)CCC(=O)C(CCCCCCCC)S(=O)(=O)c1ccccc1)S(=O)(=O)c1ccccc1. The predicted molar refractivity (Wildman–Crippen MR) is 170 cm³/mol. The van der Waals surface area contributed by atoms with Gasteiger partial charge in [0.1, 0.15) is 10.5 Å². The smallest absolute Gasteiger partial charge is 0.188 e. The van der Waals surface area contributed by atoms with Crippen LogP contribution in [0.15, 0.2) is 70.5 Å². The molecule has 234 valence electrons. The second-order valence-electron chi connectivity index (χ2n) is 11.2. The van der Waals surface area contributed by atoms with Crippen LogP contribution < -0.4 is 0 Å². The van der Waals surface area contributed by atoms with Crippen LogP contribution in [0.1, 0.15) is 117 Å². The van der Waals surface area contributed by atoms with Gasteiger partial charge in [-0.1, -0.05) is 127 Å². The van der Waals surface area contributed by atoms with E-state index in [4.69, 9.17) is 0 Å². The van der Waals surface area contributed by atoms with E-state index in [1.165, 1.54) is 24.3 Å². The number of hydrogen-bond donors (Lipinski definition) is 0. The highest BCUT2D eigenvalue weighted by Crippen LogP contribution is 2.26. The molecule has 42 heavy (non-hydrogen) atoms. The molecule has 0 bridgehead atoms. The summed E-state index contributed by atoms with van der Waals surface area (Å²) in [5, 5.41) is -2.50. The number of rotatable bonds is 23. The topological polar surface area (TPSA) is 102 Å². The molecule has 0 N–H and O–H groups in total. The van der Waals surface area contributed by atoms with Gasteiger partial charge in [-0.05, 0) is 37.1 Å². The number of carbonyl (C=O) groups excluding carboxylic acids is 2. The summed E-state index contributed by atoms with van der Waals surface area (Å²) in [6.07, 6.45) is 11.3. The molecule has 0 amide bonds. The van der Waals surface area contributed by atoms with Crippen LogP contribution in [0.25, 0.3) is 0 Å². The van der Waals surface area contributed by atoms with Gasteiger partial charge in [0.2, 0.25) is 0 Å². The molecule has 2 atom stereocenters. The molecule has 0 aromatic heterocycles. The number of sulfone groups is 2. The summed E-state index contributed by atoms with van der Waals surface area (Å²) in [6.45, 7) is 4.26. The van der Waals surface area contributed by atoms with Crippen LogP contribution >= 0.6 is 0 Å². The van der Waals surface area contributed by atoms with E-state index in [-0.39, 0.29) is 35.5 Å². The van der Waals surface area contributed by atoms with Crippen LogP contribution in [-0.4, -0.2) is 38.9 Å². The number of benzene rings is 2. The van der Waals surface area contributed by atoms with Gasteiger partial charge in [-0.3, -0.25) is 9.59 Å². The predicted octanol–water partition coefficient (Wildman–Crippen LogP) is 8.09.